The molecule has 0 aliphatic heterocycles. The molecule has 0 unspecified atom stereocenters. The van der Waals surface area contributed by atoms with E-state index in [0.717, 1.165) is 16.6 Å². The summed E-state index contributed by atoms with van der Waals surface area (Å²) in [6.45, 7) is 3.59. The van der Waals surface area contributed by atoms with Crippen LogP contribution >= 0.6 is 0 Å². The first-order chi connectivity index (χ1) is 10.8. The first kappa shape index (κ1) is 15.3. The van der Waals surface area contributed by atoms with Gasteiger partial charge in [0.25, 0.3) is 5.56 Å². The van der Waals surface area contributed by atoms with Crippen LogP contribution < -0.4 is 5.56 Å². The summed E-state index contributed by atoms with van der Waals surface area (Å²) in [5, 5.41) is 3.83. The minimum atomic E-state index is -4.45. The number of hydrogen-bond donors (Lipinski definition) is 1. The molecule has 23 heavy (non-hydrogen) atoms. The predicted molar refractivity (Wildman–Crippen MR) is 78.1 cm³/mol. The number of halogens is 3. The largest absolute Gasteiger partial charge is 0.416 e. The zero-order chi connectivity index (χ0) is 16.8. The van der Waals surface area contributed by atoms with Crippen LogP contribution in [0.25, 0.3) is 17.0 Å². The molecule has 3 aromatic rings. The van der Waals surface area contributed by atoms with E-state index in [1.54, 1.807) is 13.8 Å². The lowest BCUT2D eigenvalue weighted by molar-refractivity contribution is -0.137. The number of fused-ring (bicyclic) bond motifs is 1. The lowest BCUT2D eigenvalue weighted by Gasteiger charge is -2.14. The van der Waals surface area contributed by atoms with E-state index in [9.17, 15) is 18.0 Å². The summed E-state index contributed by atoms with van der Waals surface area (Å²) in [6.07, 6.45) is -3.24. The summed E-state index contributed by atoms with van der Waals surface area (Å²) in [4.78, 5) is 19.4. The lowest BCUT2D eigenvalue weighted by Crippen LogP contribution is -2.22. The highest BCUT2D eigenvalue weighted by atomic mass is 19.4. The van der Waals surface area contributed by atoms with E-state index in [0.29, 0.717) is 11.3 Å². The molecular weight excluding hydrogens is 309 g/mol. The van der Waals surface area contributed by atoms with Crippen LogP contribution in [0, 0.1) is 0 Å². The number of alkyl halides is 3. The molecule has 0 aliphatic rings. The summed E-state index contributed by atoms with van der Waals surface area (Å²) < 4.78 is 39.9. The SMILES string of the molecule is CC(C)c1c(-c2cccc(C(F)(F)F)c2)[nH]c2ncnn2c1=O. The molecule has 2 aromatic heterocycles. The number of nitrogens with zero attached hydrogens (tertiary/aromatic N) is 3. The average Bonchev–Trinajstić information content (AvgIpc) is 2.94. The van der Waals surface area contributed by atoms with Crippen LogP contribution in [0.15, 0.2) is 35.4 Å². The van der Waals surface area contributed by atoms with E-state index in [4.69, 9.17) is 0 Å². The van der Waals surface area contributed by atoms with E-state index in [1.165, 1.54) is 18.5 Å². The molecule has 1 aromatic carbocycles. The minimum absolute atomic E-state index is 0.187. The van der Waals surface area contributed by atoms with Gasteiger partial charge >= 0.3 is 6.18 Å². The van der Waals surface area contributed by atoms with Gasteiger partial charge in [0.2, 0.25) is 5.78 Å². The number of H-pyrrole nitrogens is 1. The maximum atomic E-state index is 12.9. The van der Waals surface area contributed by atoms with E-state index in [-0.39, 0.29) is 17.3 Å². The molecule has 0 bridgehead atoms. The van der Waals surface area contributed by atoms with Crippen molar-refractivity contribution in [3.8, 4) is 11.3 Å². The maximum absolute atomic E-state index is 12.9. The van der Waals surface area contributed by atoms with Gasteiger partial charge < -0.3 is 4.98 Å². The van der Waals surface area contributed by atoms with Gasteiger partial charge in [-0.1, -0.05) is 26.0 Å². The Labute approximate surface area is 128 Å². The van der Waals surface area contributed by atoms with Gasteiger partial charge in [-0.25, -0.2) is 0 Å². The Balaban J connectivity index is 2.31. The predicted octanol–water partition coefficient (Wildman–Crippen LogP) is 3.23. The summed E-state index contributed by atoms with van der Waals surface area (Å²) in [6, 6.07) is 4.85. The molecule has 0 saturated carbocycles. The smallest absolute Gasteiger partial charge is 0.323 e. The van der Waals surface area contributed by atoms with Gasteiger partial charge in [0.15, 0.2) is 0 Å². The Morgan fingerprint density at radius 1 is 1.26 bits per heavy atom. The fourth-order valence-electron chi connectivity index (χ4n) is 2.49. The van der Waals surface area contributed by atoms with Crippen molar-refractivity contribution in [2.45, 2.75) is 25.9 Å². The van der Waals surface area contributed by atoms with Crippen LogP contribution in [0.2, 0.25) is 0 Å². The summed E-state index contributed by atoms with van der Waals surface area (Å²) in [5.41, 5.74) is -0.185. The second kappa shape index (κ2) is 5.22. The Bertz CT molecular complexity index is 924. The Morgan fingerprint density at radius 2 is 2.00 bits per heavy atom. The minimum Gasteiger partial charge on any atom is -0.323 e. The van der Waals surface area contributed by atoms with Crippen LogP contribution in [0.5, 0.6) is 0 Å². The van der Waals surface area contributed by atoms with Crippen molar-refractivity contribution in [1.82, 2.24) is 19.6 Å². The molecular formula is C15H13F3N4O. The fraction of sp³-hybridized carbons (Fsp3) is 0.267. The van der Waals surface area contributed by atoms with Gasteiger partial charge in [-0.05, 0) is 23.6 Å². The molecule has 0 aliphatic carbocycles. The first-order valence-corrected chi connectivity index (χ1v) is 6.92. The van der Waals surface area contributed by atoms with Crippen molar-refractivity contribution in [3.63, 3.8) is 0 Å². The molecule has 8 heteroatoms. The first-order valence-electron chi connectivity index (χ1n) is 6.92. The topological polar surface area (TPSA) is 63.1 Å². The summed E-state index contributed by atoms with van der Waals surface area (Å²) in [5.74, 6) is -0.0105. The number of rotatable bonds is 2. The van der Waals surface area contributed by atoms with Crippen LogP contribution in [-0.4, -0.2) is 19.6 Å². The quantitative estimate of drug-likeness (QED) is 0.788. The van der Waals surface area contributed by atoms with Crippen molar-refractivity contribution in [2.24, 2.45) is 0 Å². The Morgan fingerprint density at radius 3 is 2.65 bits per heavy atom. The molecule has 0 amide bonds. The van der Waals surface area contributed by atoms with Crippen LogP contribution in [-0.2, 0) is 6.18 Å². The molecule has 2 heterocycles. The number of aromatic nitrogens is 4. The lowest BCUT2D eigenvalue weighted by atomic mass is 9.97. The average molecular weight is 322 g/mol. The van der Waals surface area contributed by atoms with E-state index in [1.807, 2.05) is 0 Å². The monoisotopic (exact) mass is 322 g/mol. The number of aromatic amines is 1. The van der Waals surface area contributed by atoms with Crippen LogP contribution in [0.1, 0.15) is 30.9 Å². The standard InChI is InChI=1S/C15H13F3N4O/c1-8(2)11-12(21-14-19-7-20-22(14)13(11)23)9-4-3-5-10(6-9)15(16,17)18/h3-8H,1-2H3,(H,19,20,21). The molecule has 5 nitrogen and oxygen atoms in total. The third-order valence-electron chi connectivity index (χ3n) is 3.53. The second-order valence-electron chi connectivity index (χ2n) is 5.45. The zero-order valence-corrected chi connectivity index (χ0v) is 12.3. The van der Waals surface area contributed by atoms with Gasteiger partial charge in [-0.2, -0.15) is 27.8 Å². The highest BCUT2D eigenvalue weighted by Gasteiger charge is 2.31. The Hall–Kier alpha value is -2.64. The van der Waals surface area contributed by atoms with Crippen molar-refractivity contribution in [1.29, 1.82) is 0 Å². The molecule has 0 spiro atoms. The third-order valence-corrected chi connectivity index (χ3v) is 3.53. The van der Waals surface area contributed by atoms with Crippen molar-refractivity contribution >= 4 is 5.78 Å². The molecule has 1 N–H and O–H groups in total. The van der Waals surface area contributed by atoms with Gasteiger partial charge in [0.1, 0.15) is 6.33 Å². The van der Waals surface area contributed by atoms with Crippen molar-refractivity contribution in [2.75, 3.05) is 0 Å². The number of benzene rings is 1. The summed E-state index contributed by atoms with van der Waals surface area (Å²) >= 11 is 0. The van der Waals surface area contributed by atoms with Gasteiger partial charge in [-0.15, -0.1) is 0 Å². The third kappa shape index (κ3) is 2.60. The normalized spacial score (nSPS) is 12.3. The molecule has 0 atom stereocenters. The van der Waals surface area contributed by atoms with Crippen molar-refractivity contribution < 1.29 is 13.2 Å². The van der Waals surface area contributed by atoms with Gasteiger partial charge in [0, 0.05) is 5.56 Å². The highest BCUT2D eigenvalue weighted by molar-refractivity contribution is 5.66. The van der Waals surface area contributed by atoms with Crippen LogP contribution in [0.3, 0.4) is 0 Å². The van der Waals surface area contributed by atoms with Gasteiger partial charge in [-0.3, -0.25) is 4.79 Å². The van der Waals surface area contributed by atoms with Crippen LogP contribution in [0.4, 0.5) is 13.2 Å². The maximum Gasteiger partial charge on any atom is 0.416 e. The van der Waals surface area contributed by atoms with E-state index in [2.05, 4.69) is 15.1 Å². The number of nitrogens with one attached hydrogen (secondary N) is 1. The highest BCUT2D eigenvalue weighted by Crippen LogP contribution is 2.33. The fourth-order valence-corrected chi connectivity index (χ4v) is 2.49. The molecule has 0 saturated heterocycles. The molecule has 3 rings (SSSR count). The zero-order valence-electron chi connectivity index (χ0n) is 12.3. The second-order valence-corrected chi connectivity index (χ2v) is 5.45. The number of hydrogen-bond acceptors (Lipinski definition) is 3. The van der Waals surface area contributed by atoms with Crippen molar-refractivity contribution in [3.05, 3.63) is 52.1 Å². The summed E-state index contributed by atoms with van der Waals surface area (Å²) in [7, 11) is 0. The van der Waals surface area contributed by atoms with Gasteiger partial charge in [0.05, 0.1) is 11.3 Å². The van der Waals surface area contributed by atoms with E-state index < -0.39 is 17.3 Å². The van der Waals surface area contributed by atoms with E-state index >= 15 is 0 Å². The molecule has 0 radical (unpaired) electrons. The molecule has 0 fully saturated rings. The Kier molecular flexibility index (Phi) is 3.46. The molecule has 120 valence electrons.